The third kappa shape index (κ3) is 17.8. The van der Waals surface area contributed by atoms with Crippen LogP contribution in [0.25, 0.3) is 0 Å². The quantitative estimate of drug-likeness (QED) is 0.0276. The van der Waals surface area contributed by atoms with Gasteiger partial charge in [0.15, 0.2) is 0 Å². The molecule has 0 aliphatic heterocycles. The molecule has 0 aliphatic rings. The molecule has 0 spiro atoms. The Balaban J connectivity index is 2.18. The topological polar surface area (TPSA) is 438 Å². The summed E-state index contributed by atoms with van der Waals surface area (Å²) in [5.41, 5.74) is 0.546. The Bertz CT molecular complexity index is 1520. The van der Waals surface area contributed by atoms with Gasteiger partial charge in [0.05, 0.1) is 102 Å². The van der Waals surface area contributed by atoms with Crippen LogP contribution in [0.5, 0.6) is 0 Å². The van der Waals surface area contributed by atoms with Gasteiger partial charge in [0.25, 0.3) is 0 Å². The largest absolute Gasteiger partial charge is 0.394 e. The van der Waals surface area contributed by atoms with Crippen LogP contribution in [0.4, 0.5) is 47.1 Å². The zero-order chi connectivity index (χ0) is 47.3. The molecule has 0 saturated carbocycles. The number of aliphatic hydroxyl groups excluding tert-OH is 16. The number of hydrogen-bond acceptors (Lipinski definition) is 28. The van der Waals surface area contributed by atoms with Crippen molar-refractivity contribution < 1.29 is 81.7 Å². The molecule has 0 amide bonds. The number of aromatic nitrogens is 6. The first-order valence-electron chi connectivity index (χ1n) is 20.1. The van der Waals surface area contributed by atoms with Crippen molar-refractivity contribution in [1.82, 2.24) is 29.9 Å². The van der Waals surface area contributed by atoms with Gasteiger partial charge in [-0.25, -0.2) is 0 Å². The van der Waals surface area contributed by atoms with E-state index in [9.17, 15) is 81.7 Å². The number of nitrogens with zero attached hydrogens (tertiary/aromatic N) is 10. The Kier molecular flexibility index (Phi) is 23.2. The van der Waals surface area contributed by atoms with Crippen LogP contribution >= 0.6 is 0 Å². The summed E-state index contributed by atoms with van der Waals surface area (Å²) in [6.45, 7) is -8.40. The third-order valence-corrected chi connectivity index (χ3v) is 8.86. The number of aliphatic hydroxyl groups is 16. The molecule has 0 radical (unpaired) electrons. The monoisotopic (exact) mass is 918 g/mol. The molecule has 28 heteroatoms. The lowest BCUT2D eigenvalue weighted by Crippen LogP contribution is -2.43. The van der Waals surface area contributed by atoms with Crippen molar-refractivity contribution >= 4 is 47.1 Å². The molecular weight excluding hydrogens is 856 g/mol. The molecule has 3 aromatic rings. The van der Waals surface area contributed by atoms with Gasteiger partial charge < -0.3 is 112 Å². The van der Waals surface area contributed by atoms with Crippen molar-refractivity contribution in [2.24, 2.45) is 0 Å². The Morgan fingerprint density at radius 1 is 0.344 bits per heavy atom. The van der Waals surface area contributed by atoms with E-state index in [1.165, 1.54) is 25.7 Å². The highest BCUT2D eigenvalue weighted by molar-refractivity contribution is 5.66. The minimum absolute atomic E-state index is 0.202. The van der Waals surface area contributed by atoms with Gasteiger partial charge in [-0.15, -0.1) is 0 Å². The molecule has 0 fully saturated rings. The predicted molar refractivity (Wildman–Crippen MR) is 226 cm³/mol. The third-order valence-electron chi connectivity index (χ3n) is 8.86. The zero-order valence-electron chi connectivity index (χ0n) is 34.9. The van der Waals surface area contributed by atoms with Gasteiger partial charge in [-0.05, 0) is 18.2 Å². The Morgan fingerprint density at radius 3 is 0.734 bits per heavy atom. The summed E-state index contributed by atoms with van der Waals surface area (Å²) >= 11 is 0. The van der Waals surface area contributed by atoms with Gasteiger partial charge in [0.1, 0.15) is 0 Å². The maximum Gasteiger partial charge on any atom is 0.233 e. The van der Waals surface area contributed by atoms with Crippen molar-refractivity contribution in [3.8, 4) is 0 Å². The molecule has 2 aromatic heterocycles. The lowest BCUT2D eigenvalue weighted by Gasteiger charge is -2.30. The first-order valence-corrected chi connectivity index (χ1v) is 20.1. The molecular formula is C36H62N12O16. The Labute approximate surface area is 366 Å². The molecule has 8 unspecified atom stereocenters. The summed E-state index contributed by atoms with van der Waals surface area (Å²) in [7, 11) is 0. The van der Waals surface area contributed by atoms with Crippen molar-refractivity contribution in [3.05, 3.63) is 24.3 Å². The van der Waals surface area contributed by atoms with Crippen LogP contribution in [-0.2, 0) is 0 Å². The van der Waals surface area contributed by atoms with Gasteiger partial charge in [-0.1, -0.05) is 6.07 Å². The average Bonchev–Trinajstić information content (AvgIpc) is 3.29. The molecule has 0 aliphatic carbocycles. The fourth-order valence-electron chi connectivity index (χ4n) is 5.77. The molecule has 0 saturated heterocycles. The van der Waals surface area contributed by atoms with E-state index in [4.69, 9.17) is 0 Å². The van der Waals surface area contributed by atoms with Gasteiger partial charge in [0, 0.05) is 63.7 Å². The number of benzene rings is 1. The van der Waals surface area contributed by atoms with E-state index >= 15 is 0 Å². The standard InChI is InChI=1S/C36H62N12O16/c49-13-23(57)5-45(6-24(58)14-50)33-39-31(40-34(43-33)46(7-25(59)15-51)8-26(60)16-52)37-21-2-1-3-22(4-21)38-32-41-35(47(9-27(61)17-53)10-28(62)18-54)44-36(42-32)48(11-29(63)19-55)12-30(64)20-56/h1-4,23-30,49-64H,5-20H2,(H,37,39,40,43)(H,38,41,42,44). The first kappa shape index (κ1) is 53.7. The summed E-state index contributed by atoms with van der Waals surface area (Å²) in [5, 5.41) is 165. The van der Waals surface area contributed by atoms with Crippen molar-refractivity contribution in [2.45, 2.75) is 48.8 Å². The molecule has 8 atom stereocenters. The molecule has 1 aromatic carbocycles. The average molecular weight is 919 g/mol. The van der Waals surface area contributed by atoms with Crippen molar-refractivity contribution in [3.63, 3.8) is 0 Å². The Hall–Kier alpha value is -4.60. The molecule has 3 rings (SSSR count). The molecule has 28 nitrogen and oxygen atoms in total. The van der Waals surface area contributed by atoms with E-state index in [0.29, 0.717) is 0 Å². The lowest BCUT2D eigenvalue weighted by atomic mass is 10.2. The minimum atomic E-state index is -1.37. The maximum atomic E-state index is 10.3. The molecule has 2 heterocycles. The highest BCUT2D eigenvalue weighted by Gasteiger charge is 2.26. The SMILES string of the molecule is OCC(O)CN(CC(O)CO)c1nc(Nc2cccc(Nc3nc(N(CC(O)CO)CC(O)CO)nc(N(CC(O)CO)CC(O)CO)n3)c2)nc(N(CC(O)CO)CC(O)CO)n1. The second-order valence-corrected chi connectivity index (χ2v) is 14.7. The molecule has 18 N–H and O–H groups in total. The van der Waals surface area contributed by atoms with Crippen LogP contribution in [0.15, 0.2) is 24.3 Å². The van der Waals surface area contributed by atoms with Crippen LogP contribution in [0.3, 0.4) is 0 Å². The van der Waals surface area contributed by atoms with E-state index in [0.717, 1.165) is 0 Å². The van der Waals surface area contributed by atoms with Crippen LogP contribution in [0, 0.1) is 0 Å². The fourth-order valence-corrected chi connectivity index (χ4v) is 5.77. The van der Waals surface area contributed by atoms with Gasteiger partial charge in [0.2, 0.25) is 35.7 Å². The summed E-state index contributed by atoms with van der Waals surface area (Å²) < 4.78 is 0. The second-order valence-electron chi connectivity index (χ2n) is 14.7. The summed E-state index contributed by atoms with van der Waals surface area (Å²) in [5.74, 6) is -1.30. The molecule has 0 bridgehead atoms. The van der Waals surface area contributed by atoms with Gasteiger partial charge in [-0.3, -0.25) is 0 Å². The van der Waals surface area contributed by atoms with E-state index in [2.05, 4.69) is 40.5 Å². The van der Waals surface area contributed by atoms with E-state index < -0.39 is 102 Å². The normalized spacial score (nSPS) is 15.4. The highest BCUT2D eigenvalue weighted by atomic mass is 16.3. The second kappa shape index (κ2) is 27.7. The number of rotatable bonds is 32. The van der Waals surface area contributed by atoms with Crippen LogP contribution in [0.1, 0.15) is 0 Å². The fraction of sp³-hybridized carbons (Fsp3) is 0.667. The van der Waals surface area contributed by atoms with E-state index in [1.54, 1.807) is 18.2 Å². The van der Waals surface area contributed by atoms with Crippen LogP contribution in [-0.4, -0.2) is 266 Å². The lowest BCUT2D eigenvalue weighted by molar-refractivity contribution is 0.0827. The van der Waals surface area contributed by atoms with E-state index in [1.807, 2.05) is 0 Å². The van der Waals surface area contributed by atoms with Gasteiger partial charge in [-0.2, -0.15) is 29.9 Å². The predicted octanol–water partition coefficient (Wildman–Crippen LogP) is -8.41. The van der Waals surface area contributed by atoms with Crippen LogP contribution in [0.2, 0.25) is 0 Å². The summed E-state index contributed by atoms with van der Waals surface area (Å²) in [6, 6.07) is 6.24. The Morgan fingerprint density at radius 2 is 0.547 bits per heavy atom. The highest BCUT2D eigenvalue weighted by Crippen LogP contribution is 2.26. The number of anilines is 8. The zero-order valence-corrected chi connectivity index (χ0v) is 34.9. The first-order chi connectivity index (χ1) is 30.6. The van der Waals surface area contributed by atoms with Crippen LogP contribution < -0.4 is 30.2 Å². The summed E-state index contributed by atoms with van der Waals surface area (Å²) in [4.78, 5) is 31.4. The van der Waals surface area contributed by atoms with Crippen molar-refractivity contribution in [1.29, 1.82) is 0 Å². The molecule has 362 valence electrons. The number of nitrogens with one attached hydrogen (secondary N) is 2. The summed E-state index contributed by atoms with van der Waals surface area (Å²) in [6.07, 6.45) is -11.0. The maximum absolute atomic E-state index is 10.3. The smallest absolute Gasteiger partial charge is 0.233 e. The number of hydrogen-bond donors (Lipinski definition) is 18. The van der Waals surface area contributed by atoms with E-state index in [-0.39, 0.29) is 99.4 Å². The van der Waals surface area contributed by atoms with Gasteiger partial charge >= 0.3 is 0 Å². The minimum Gasteiger partial charge on any atom is -0.394 e. The van der Waals surface area contributed by atoms with Crippen molar-refractivity contribution in [2.75, 3.05) is 135 Å². The molecule has 64 heavy (non-hydrogen) atoms.